The van der Waals surface area contributed by atoms with Crippen LogP contribution in [-0.2, 0) is 28.4 Å². The lowest BCUT2D eigenvalue weighted by Gasteiger charge is -2.45. The van der Waals surface area contributed by atoms with Crippen molar-refractivity contribution in [3.63, 3.8) is 0 Å². The highest BCUT2D eigenvalue weighted by Gasteiger charge is 2.52. The van der Waals surface area contributed by atoms with E-state index in [1.807, 2.05) is 0 Å². The summed E-state index contributed by atoms with van der Waals surface area (Å²) < 4.78 is 51.4. The SMILES string of the molecule is CC1OC(OCC2OC(Oc3c(-c4ccc(O)cc4)oc4cc(OC5OC(CO)C(O)C(O)C5OC5OC(C)C(O)C(O)C5O)cc(O)c4c3=O)C(O)C(O)C2O)C(O)C(O)C1O. The van der Waals surface area contributed by atoms with Crippen LogP contribution in [0.3, 0.4) is 0 Å². The Labute approximate surface area is 355 Å². The number of phenolic OH excluding ortho intramolecular Hbond substituents is 2. The second-order valence-electron chi connectivity index (χ2n) is 15.7. The van der Waals surface area contributed by atoms with Crippen molar-refractivity contribution in [3.8, 4) is 34.3 Å². The van der Waals surface area contributed by atoms with Gasteiger partial charge in [0, 0.05) is 17.7 Å². The van der Waals surface area contributed by atoms with Crippen molar-refractivity contribution in [2.24, 2.45) is 0 Å². The van der Waals surface area contributed by atoms with E-state index in [1.165, 1.54) is 38.1 Å². The highest BCUT2D eigenvalue weighted by atomic mass is 16.8. The molecule has 0 bridgehead atoms. The molecule has 4 saturated heterocycles. The summed E-state index contributed by atoms with van der Waals surface area (Å²) in [6, 6.07) is 7.05. The molecule has 2 aromatic carbocycles. The lowest BCUT2D eigenvalue weighted by molar-refractivity contribution is -0.354. The number of fused-ring (bicyclic) bond motifs is 1. The first kappa shape index (κ1) is 47.1. The smallest absolute Gasteiger partial charge is 0.239 e. The molecule has 0 aliphatic carbocycles. The number of hydrogen-bond donors (Lipinski definition) is 14. The minimum Gasteiger partial charge on any atom is -0.508 e. The fourth-order valence-corrected chi connectivity index (χ4v) is 7.56. The summed E-state index contributed by atoms with van der Waals surface area (Å²) in [7, 11) is 0. The third kappa shape index (κ3) is 9.19. The van der Waals surface area contributed by atoms with Crippen LogP contribution in [0.15, 0.2) is 45.6 Å². The Morgan fingerprint density at radius 2 is 1.14 bits per heavy atom. The predicted molar refractivity (Wildman–Crippen MR) is 202 cm³/mol. The van der Waals surface area contributed by atoms with Crippen LogP contribution in [0.2, 0.25) is 0 Å². The monoisotopic (exact) mass is 902 g/mol. The van der Waals surface area contributed by atoms with Crippen LogP contribution in [0.5, 0.6) is 23.0 Å². The highest BCUT2D eigenvalue weighted by molar-refractivity contribution is 5.88. The average Bonchev–Trinajstić information content (AvgIpc) is 3.25. The predicted octanol–water partition coefficient (Wildman–Crippen LogP) is -5.07. The number of benzene rings is 2. The van der Waals surface area contributed by atoms with Gasteiger partial charge in [-0.2, -0.15) is 0 Å². The van der Waals surface area contributed by atoms with Gasteiger partial charge in [0.1, 0.15) is 108 Å². The van der Waals surface area contributed by atoms with E-state index in [9.17, 15) is 76.3 Å². The summed E-state index contributed by atoms with van der Waals surface area (Å²) in [5.41, 5.74) is -1.43. The van der Waals surface area contributed by atoms with Crippen molar-refractivity contribution in [1.29, 1.82) is 0 Å². The molecule has 0 spiro atoms. The molecule has 4 fully saturated rings. The van der Waals surface area contributed by atoms with Crippen molar-refractivity contribution in [2.45, 2.75) is 137 Å². The third-order valence-corrected chi connectivity index (χ3v) is 11.3. The molecule has 0 radical (unpaired) electrons. The first-order valence-corrected chi connectivity index (χ1v) is 19.8. The molecule has 0 amide bonds. The molecule has 0 saturated carbocycles. The number of phenols is 2. The molecule has 3 aromatic rings. The Morgan fingerprint density at radius 3 is 1.78 bits per heavy atom. The molecule has 1 aromatic heterocycles. The molecule has 63 heavy (non-hydrogen) atoms. The maximum absolute atomic E-state index is 14.3. The van der Waals surface area contributed by atoms with Crippen LogP contribution >= 0.6 is 0 Å². The fourth-order valence-electron chi connectivity index (χ4n) is 7.56. The van der Waals surface area contributed by atoms with Crippen LogP contribution in [0, 0.1) is 0 Å². The van der Waals surface area contributed by atoms with E-state index in [2.05, 4.69) is 0 Å². The van der Waals surface area contributed by atoms with Gasteiger partial charge in [-0.1, -0.05) is 0 Å². The van der Waals surface area contributed by atoms with Crippen LogP contribution in [0.1, 0.15) is 13.8 Å². The van der Waals surface area contributed by atoms with Crippen molar-refractivity contribution in [1.82, 2.24) is 0 Å². The Kier molecular flexibility index (Phi) is 14.1. The van der Waals surface area contributed by atoms with E-state index in [1.54, 1.807) is 0 Å². The molecule has 20 atom stereocenters. The van der Waals surface area contributed by atoms with Crippen LogP contribution in [0.4, 0.5) is 0 Å². The van der Waals surface area contributed by atoms with Gasteiger partial charge in [0.15, 0.2) is 24.4 Å². The van der Waals surface area contributed by atoms with Crippen LogP contribution < -0.4 is 14.9 Å². The second kappa shape index (κ2) is 18.9. The lowest BCUT2D eigenvalue weighted by atomic mass is 9.97. The van der Waals surface area contributed by atoms with Gasteiger partial charge in [-0.3, -0.25) is 4.79 Å². The first-order valence-electron chi connectivity index (χ1n) is 19.8. The van der Waals surface area contributed by atoms with Gasteiger partial charge in [0.25, 0.3) is 0 Å². The maximum Gasteiger partial charge on any atom is 0.239 e. The topological polar surface area (TPSA) is 387 Å². The number of rotatable bonds is 11. The number of ether oxygens (including phenoxy) is 8. The summed E-state index contributed by atoms with van der Waals surface area (Å²) in [6.45, 7) is 1.28. The summed E-state index contributed by atoms with van der Waals surface area (Å²) in [5, 5.41) is 146. The lowest BCUT2D eigenvalue weighted by Crippen LogP contribution is -2.64. The fraction of sp³-hybridized carbons (Fsp3) is 0.615. The minimum absolute atomic E-state index is 0.0660. The molecular weight excluding hydrogens is 852 g/mol. The first-order chi connectivity index (χ1) is 29.8. The van der Waals surface area contributed by atoms with Crippen molar-refractivity contribution < 1.29 is 114 Å². The molecule has 14 N–H and O–H groups in total. The maximum atomic E-state index is 14.3. The van der Waals surface area contributed by atoms with Crippen molar-refractivity contribution >= 4 is 11.0 Å². The van der Waals surface area contributed by atoms with Crippen molar-refractivity contribution in [3.05, 3.63) is 46.6 Å². The second-order valence-corrected chi connectivity index (χ2v) is 15.7. The summed E-state index contributed by atoms with van der Waals surface area (Å²) in [5.74, 6) is -2.48. The minimum atomic E-state index is -2.05. The van der Waals surface area contributed by atoms with E-state index in [4.69, 9.17) is 42.3 Å². The number of aromatic hydroxyl groups is 2. The third-order valence-electron chi connectivity index (χ3n) is 11.3. The normalized spacial score (nSPS) is 41.0. The van der Waals surface area contributed by atoms with E-state index in [0.717, 1.165) is 12.1 Å². The van der Waals surface area contributed by atoms with Gasteiger partial charge in [-0.15, -0.1) is 0 Å². The Hall–Kier alpha value is -3.87. The number of aliphatic hydroxyl groups is 12. The molecule has 4 aliphatic rings. The highest BCUT2D eigenvalue weighted by Crippen LogP contribution is 2.39. The zero-order valence-corrected chi connectivity index (χ0v) is 33.3. The molecule has 20 unspecified atom stereocenters. The Bertz CT molecular complexity index is 2090. The van der Waals surface area contributed by atoms with Gasteiger partial charge in [0.05, 0.1) is 25.4 Å². The summed E-state index contributed by atoms with van der Waals surface area (Å²) in [4.78, 5) is 14.3. The van der Waals surface area contributed by atoms with E-state index < -0.39 is 170 Å². The number of aliphatic hydroxyl groups excluding tert-OH is 12. The van der Waals surface area contributed by atoms with Gasteiger partial charge < -0.3 is 114 Å². The standard InChI is InChI=1S/C39H50O24/c1-11-21(43)26(48)30(52)36(56-11)55-10-19-24(46)28(50)32(54)38(61-19)62-34-25(47)20-16(42)7-15(8-17(20)59-33(34)13-3-5-14(41)6-4-13)58-39-35(29(51)23(45)18(9-40)60-39)63-37-31(53)27(49)22(44)12(2)57-37/h3-8,11-12,18-19,21-24,26-32,35-46,48-54H,9-10H2,1-2H3. The average molecular weight is 903 g/mol. The quantitative estimate of drug-likeness (QED) is 0.0856. The van der Waals surface area contributed by atoms with Gasteiger partial charge in [-0.05, 0) is 38.1 Å². The van der Waals surface area contributed by atoms with E-state index in [-0.39, 0.29) is 17.1 Å². The van der Waals surface area contributed by atoms with Gasteiger partial charge in [-0.25, -0.2) is 0 Å². The Balaban J connectivity index is 1.20. The molecule has 7 rings (SSSR count). The van der Waals surface area contributed by atoms with Crippen LogP contribution in [-0.4, -0.2) is 208 Å². The van der Waals surface area contributed by atoms with Crippen molar-refractivity contribution in [2.75, 3.05) is 13.2 Å². The molecule has 4 aliphatic heterocycles. The van der Waals surface area contributed by atoms with E-state index in [0.29, 0.717) is 0 Å². The molecule has 5 heterocycles. The molecule has 24 nitrogen and oxygen atoms in total. The van der Waals surface area contributed by atoms with Crippen LogP contribution in [0.25, 0.3) is 22.3 Å². The summed E-state index contributed by atoms with van der Waals surface area (Å²) in [6.07, 6.45) is -33.4. The zero-order valence-electron chi connectivity index (χ0n) is 33.3. The largest absolute Gasteiger partial charge is 0.508 e. The summed E-state index contributed by atoms with van der Waals surface area (Å²) >= 11 is 0. The number of hydrogen-bond acceptors (Lipinski definition) is 24. The molecular formula is C39H50O24. The van der Waals surface area contributed by atoms with E-state index >= 15 is 0 Å². The molecule has 350 valence electrons. The molecule has 24 heteroatoms. The Morgan fingerprint density at radius 1 is 0.587 bits per heavy atom. The zero-order chi connectivity index (χ0) is 45.8. The van der Waals surface area contributed by atoms with Gasteiger partial charge in [0.2, 0.25) is 23.8 Å². The van der Waals surface area contributed by atoms with Gasteiger partial charge >= 0.3 is 0 Å².